The van der Waals surface area contributed by atoms with E-state index < -0.39 is 5.60 Å². The van der Waals surface area contributed by atoms with Gasteiger partial charge in [-0.1, -0.05) is 0 Å². The van der Waals surface area contributed by atoms with E-state index in [0.717, 1.165) is 32.4 Å². The van der Waals surface area contributed by atoms with Crippen LogP contribution in [0.1, 0.15) is 46.5 Å². The fourth-order valence-electron chi connectivity index (χ4n) is 1.39. The van der Waals surface area contributed by atoms with Crippen LogP contribution in [0.15, 0.2) is 0 Å². The van der Waals surface area contributed by atoms with Crippen LogP contribution in [0.2, 0.25) is 0 Å². The smallest absolute Gasteiger partial charge is 0.407 e. The van der Waals surface area contributed by atoms with Crippen LogP contribution in [0.4, 0.5) is 4.79 Å². The molecule has 0 saturated carbocycles. The average Bonchev–Trinajstić information content (AvgIpc) is 2.24. The van der Waals surface area contributed by atoms with E-state index in [1.54, 1.807) is 0 Å². The summed E-state index contributed by atoms with van der Waals surface area (Å²) in [5.74, 6) is -0.249. The number of amides is 2. The minimum absolute atomic E-state index is 0.249. The number of hydrogen-bond donors (Lipinski definition) is 3. The van der Waals surface area contributed by atoms with E-state index >= 15 is 0 Å². The van der Waals surface area contributed by atoms with Gasteiger partial charge in [-0.05, 0) is 53.1 Å². The quantitative estimate of drug-likeness (QED) is 0.549. The van der Waals surface area contributed by atoms with Crippen LogP contribution in [-0.4, -0.2) is 37.2 Å². The summed E-state index contributed by atoms with van der Waals surface area (Å²) in [7, 11) is 0. The SMILES string of the molecule is CC(C)(C)OC(=O)NCCCNCCCCC(N)=O. The van der Waals surface area contributed by atoms with Gasteiger partial charge in [0.15, 0.2) is 0 Å². The van der Waals surface area contributed by atoms with Crippen molar-refractivity contribution in [3.05, 3.63) is 0 Å². The first-order valence-corrected chi connectivity index (χ1v) is 6.77. The molecule has 4 N–H and O–H groups in total. The van der Waals surface area contributed by atoms with Gasteiger partial charge in [-0.3, -0.25) is 4.79 Å². The minimum Gasteiger partial charge on any atom is -0.444 e. The first-order chi connectivity index (χ1) is 8.81. The van der Waals surface area contributed by atoms with Crippen molar-refractivity contribution in [1.29, 1.82) is 0 Å². The molecule has 6 nitrogen and oxygen atoms in total. The van der Waals surface area contributed by atoms with Gasteiger partial charge >= 0.3 is 6.09 Å². The van der Waals surface area contributed by atoms with Crippen LogP contribution < -0.4 is 16.4 Å². The van der Waals surface area contributed by atoms with Gasteiger partial charge in [0.25, 0.3) is 0 Å². The Morgan fingerprint density at radius 2 is 1.68 bits per heavy atom. The molecular weight excluding hydrogens is 246 g/mol. The molecule has 0 aromatic heterocycles. The molecule has 0 atom stereocenters. The molecule has 0 aromatic rings. The maximum atomic E-state index is 11.3. The van der Waals surface area contributed by atoms with Crippen LogP contribution in [0, 0.1) is 0 Å². The topological polar surface area (TPSA) is 93.4 Å². The third-order valence-electron chi connectivity index (χ3n) is 2.23. The molecule has 0 aliphatic rings. The molecule has 0 fully saturated rings. The highest BCUT2D eigenvalue weighted by Gasteiger charge is 2.15. The van der Waals surface area contributed by atoms with E-state index in [4.69, 9.17) is 10.5 Å². The summed E-state index contributed by atoms with van der Waals surface area (Å²) < 4.78 is 5.11. The second-order valence-corrected chi connectivity index (χ2v) is 5.46. The molecule has 0 saturated heterocycles. The lowest BCUT2D eigenvalue weighted by Crippen LogP contribution is -2.34. The largest absolute Gasteiger partial charge is 0.444 e. The van der Waals surface area contributed by atoms with E-state index in [9.17, 15) is 9.59 Å². The highest BCUT2D eigenvalue weighted by atomic mass is 16.6. The van der Waals surface area contributed by atoms with Gasteiger partial charge in [-0.2, -0.15) is 0 Å². The number of primary amides is 1. The molecule has 0 aliphatic heterocycles. The van der Waals surface area contributed by atoms with Crippen molar-refractivity contribution >= 4 is 12.0 Å². The Hall–Kier alpha value is -1.30. The maximum Gasteiger partial charge on any atom is 0.407 e. The van der Waals surface area contributed by atoms with Crippen LogP contribution in [0.25, 0.3) is 0 Å². The number of carbonyl (C=O) groups is 2. The van der Waals surface area contributed by atoms with Gasteiger partial charge in [0, 0.05) is 13.0 Å². The van der Waals surface area contributed by atoms with Gasteiger partial charge in [0.2, 0.25) is 5.91 Å². The number of nitrogens with one attached hydrogen (secondary N) is 2. The van der Waals surface area contributed by atoms with Gasteiger partial charge in [0.1, 0.15) is 5.60 Å². The molecule has 0 spiro atoms. The summed E-state index contributed by atoms with van der Waals surface area (Å²) in [4.78, 5) is 21.8. The molecule has 6 heteroatoms. The van der Waals surface area contributed by atoms with Crippen molar-refractivity contribution < 1.29 is 14.3 Å². The normalized spacial score (nSPS) is 11.1. The van der Waals surface area contributed by atoms with Gasteiger partial charge in [0.05, 0.1) is 0 Å². The second kappa shape index (κ2) is 9.61. The monoisotopic (exact) mass is 273 g/mol. The van der Waals surface area contributed by atoms with Crippen LogP contribution in [0.3, 0.4) is 0 Å². The molecule has 0 heterocycles. The zero-order chi connectivity index (χ0) is 14.7. The summed E-state index contributed by atoms with van der Waals surface area (Å²) in [6.45, 7) is 7.77. The van der Waals surface area contributed by atoms with E-state index in [1.807, 2.05) is 20.8 Å². The Balaban J connectivity index is 3.27. The second-order valence-electron chi connectivity index (χ2n) is 5.46. The van der Waals surface area contributed by atoms with Crippen molar-refractivity contribution in [3.8, 4) is 0 Å². The molecule has 0 aromatic carbocycles. The Morgan fingerprint density at radius 3 is 2.26 bits per heavy atom. The number of carbonyl (C=O) groups excluding carboxylic acids is 2. The Labute approximate surface area is 115 Å². The van der Waals surface area contributed by atoms with Gasteiger partial charge < -0.3 is 21.1 Å². The highest BCUT2D eigenvalue weighted by Crippen LogP contribution is 2.06. The van der Waals surface area contributed by atoms with Crippen molar-refractivity contribution in [2.45, 2.75) is 52.1 Å². The summed E-state index contributed by atoms with van der Waals surface area (Å²) in [6, 6.07) is 0. The number of hydrogen-bond acceptors (Lipinski definition) is 4. The van der Waals surface area contributed by atoms with Gasteiger partial charge in [-0.25, -0.2) is 4.79 Å². The molecule has 0 unspecified atom stereocenters. The first-order valence-electron chi connectivity index (χ1n) is 6.77. The molecular formula is C13H27N3O3. The highest BCUT2D eigenvalue weighted by molar-refractivity contribution is 5.73. The molecule has 2 amide bonds. The van der Waals surface area contributed by atoms with Gasteiger partial charge in [-0.15, -0.1) is 0 Å². The van der Waals surface area contributed by atoms with E-state index in [0.29, 0.717) is 13.0 Å². The molecule has 19 heavy (non-hydrogen) atoms. The van der Waals surface area contributed by atoms with Crippen LogP contribution in [0.5, 0.6) is 0 Å². The van der Waals surface area contributed by atoms with E-state index in [2.05, 4.69) is 10.6 Å². The molecule has 0 bridgehead atoms. The first kappa shape index (κ1) is 17.7. The summed E-state index contributed by atoms with van der Waals surface area (Å²) in [5.41, 5.74) is 4.58. The van der Waals surface area contributed by atoms with Crippen molar-refractivity contribution in [2.24, 2.45) is 5.73 Å². The average molecular weight is 273 g/mol. The van der Waals surface area contributed by atoms with E-state index in [-0.39, 0.29) is 12.0 Å². The lowest BCUT2D eigenvalue weighted by molar-refractivity contribution is -0.118. The van der Waals surface area contributed by atoms with Crippen molar-refractivity contribution in [3.63, 3.8) is 0 Å². The minimum atomic E-state index is -0.456. The standard InChI is InChI=1S/C13H27N3O3/c1-13(2,3)19-12(18)16-10-6-9-15-8-5-4-7-11(14)17/h15H,4-10H2,1-3H3,(H2,14,17)(H,16,18). The lowest BCUT2D eigenvalue weighted by atomic mass is 10.2. The summed E-state index contributed by atoms with van der Waals surface area (Å²) in [5, 5.41) is 5.93. The van der Waals surface area contributed by atoms with Crippen molar-refractivity contribution in [2.75, 3.05) is 19.6 Å². The zero-order valence-corrected chi connectivity index (χ0v) is 12.3. The van der Waals surface area contributed by atoms with Crippen LogP contribution in [-0.2, 0) is 9.53 Å². The van der Waals surface area contributed by atoms with E-state index in [1.165, 1.54) is 0 Å². The Bertz CT molecular complexity index is 275. The molecule has 0 aliphatic carbocycles. The molecule has 0 rings (SSSR count). The fourth-order valence-corrected chi connectivity index (χ4v) is 1.39. The zero-order valence-electron chi connectivity index (χ0n) is 12.3. The summed E-state index contributed by atoms with van der Waals surface area (Å²) in [6.07, 6.45) is 2.66. The predicted octanol–water partition coefficient (Wildman–Crippen LogP) is 1.15. The fraction of sp³-hybridized carbons (Fsp3) is 0.846. The molecule has 0 radical (unpaired) electrons. The molecule has 112 valence electrons. The Morgan fingerprint density at radius 1 is 1.05 bits per heavy atom. The lowest BCUT2D eigenvalue weighted by Gasteiger charge is -2.19. The Kier molecular flexibility index (Phi) is 8.95. The van der Waals surface area contributed by atoms with Crippen LogP contribution >= 0.6 is 0 Å². The number of nitrogens with two attached hydrogens (primary N) is 1. The predicted molar refractivity (Wildman–Crippen MR) is 74.8 cm³/mol. The number of rotatable bonds is 9. The maximum absolute atomic E-state index is 11.3. The number of alkyl carbamates (subject to hydrolysis) is 1. The van der Waals surface area contributed by atoms with Crippen molar-refractivity contribution in [1.82, 2.24) is 10.6 Å². The summed E-state index contributed by atoms with van der Waals surface area (Å²) >= 11 is 0. The number of ether oxygens (including phenoxy) is 1. The third kappa shape index (κ3) is 14.6. The number of unbranched alkanes of at least 4 members (excludes halogenated alkanes) is 1. The third-order valence-corrected chi connectivity index (χ3v) is 2.23.